The van der Waals surface area contributed by atoms with E-state index in [0.717, 1.165) is 23.1 Å². The first-order valence-corrected chi connectivity index (χ1v) is 4.77. The molecule has 0 saturated carbocycles. The Hall–Kier alpha value is -1.81. The third kappa shape index (κ3) is 1.99. The molecule has 0 aliphatic carbocycles. The minimum absolute atomic E-state index is 0.439. The topological polar surface area (TPSA) is 64.1 Å². The highest BCUT2D eigenvalue weighted by Crippen LogP contribution is 2.21. The first-order chi connectivity index (χ1) is 7.31. The predicted molar refractivity (Wildman–Crippen MR) is 61.4 cm³/mol. The number of nitrogens with one attached hydrogen (secondary N) is 1. The van der Waals surface area contributed by atoms with E-state index in [-0.39, 0.29) is 0 Å². The number of anilines is 1. The summed E-state index contributed by atoms with van der Waals surface area (Å²) in [6, 6.07) is 5.81. The molecule has 0 fully saturated rings. The normalized spacial score (nSPS) is 11.5. The number of hydrogen-bond acceptors (Lipinski definition) is 4. The van der Waals surface area contributed by atoms with Gasteiger partial charge in [-0.25, -0.2) is 0 Å². The summed E-state index contributed by atoms with van der Waals surface area (Å²) in [5.74, 6) is 0.439. The second-order valence-electron chi connectivity index (χ2n) is 3.28. The SMILES string of the molecule is CNCC=Cc1ccc2onc(N)c2c1. The Morgan fingerprint density at radius 3 is 3.20 bits per heavy atom. The average molecular weight is 203 g/mol. The molecular weight excluding hydrogens is 190 g/mol. The number of rotatable bonds is 3. The fourth-order valence-electron chi connectivity index (χ4n) is 1.39. The number of fused-ring (bicyclic) bond motifs is 1. The van der Waals surface area contributed by atoms with Gasteiger partial charge < -0.3 is 15.6 Å². The van der Waals surface area contributed by atoms with Crippen LogP contribution in [0.1, 0.15) is 5.56 Å². The number of benzene rings is 1. The smallest absolute Gasteiger partial charge is 0.174 e. The Kier molecular flexibility index (Phi) is 2.69. The summed E-state index contributed by atoms with van der Waals surface area (Å²) >= 11 is 0. The van der Waals surface area contributed by atoms with Gasteiger partial charge in [-0.2, -0.15) is 0 Å². The zero-order chi connectivity index (χ0) is 10.7. The fraction of sp³-hybridized carbons (Fsp3) is 0.182. The van der Waals surface area contributed by atoms with Crippen molar-refractivity contribution in [2.24, 2.45) is 0 Å². The van der Waals surface area contributed by atoms with E-state index in [1.54, 1.807) is 0 Å². The number of nitrogens with two attached hydrogens (primary N) is 1. The molecule has 2 rings (SSSR count). The second-order valence-corrected chi connectivity index (χ2v) is 3.28. The highest BCUT2D eigenvalue weighted by Gasteiger charge is 2.03. The van der Waals surface area contributed by atoms with Crippen molar-refractivity contribution in [3.05, 3.63) is 29.8 Å². The monoisotopic (exact) mass is 203 g/mol. The summed E-state index contributed by atoms with van der Waals surface area (Å²) < 4.78 is 5.02. The van der Waals surface area contributed by atoms with Gasteiger partial charge in [0.2, 0.25) is 0 Å². The molecule has 78 valence electrons. The minimum atomic E-state index is 0.439. The van der Waals surface area contributed by atoms with E-state index in [1.807, 2.05) is 37.4 Å². The quantitative estimate of drug-likeness (QED) is 0.796. The van der Waals surface area contributed by atoms with Crippen molar-refractivity contribution in [1.29, 1.82) is 0 Å². The van der Waals surface area contributed by atoms with Gasteiger partial charge in [0, 0.05) is 6.54 Å². The lowest BCUT2D eigenvalue weighted by Gasteiger charge is -1.93. The van der Waals surface area contributed by atoms with Crippen molar-refractivity contribution in [2.75, 3.05) is 19.3 Å². The number of aromatic nitrogens is 1. The van der Waals surface area contributed by atoms with Gasteiger partial charge in [0.25, 0.3) is 0 Å². The van der Waals surface area contributed by atoms with Gasteiger partial charge in [0.05, 0.1) is 5.39 Å². The Morgan fingerprint density at radius 1 is 1.53 bits per heavy atom. The summed E-state index contributed by atoms with van der Waals surface area (Å²) in [6.45, 7) is 0.844. The van der Waals surface area contributed by atoms with Crippen molar-refractivity contribution in [2.45, 2.75) is 0 Å². The molecule has 4 heteroatoms. The van der Waals surface area contributed by atoms with Gasteiger partial charge in [-0.3, -0.25) is 0 Å². The third-order valence-electron chi connectivity index (χ3n) is 2.15. The van der Waals surface area contributed by atoms with E-state index in [0.29, 0.717) is 5.82 Å². The standard InChI is InChI=1S/C11H13N3O/c1-13-6-2-3-8-4-5-10-9(7-8)11(12)14-15-10/h2-5,7,13H,6H2,1H3,(H2,12,14). The van der Waals surface area contributed by atoms with Crippen LogP contribution in [0.3, 0.4) is 0 Å². The van der Waals surface area contributed by atoms with Crippen LogP contribution in [0.25, 0.3) is 17.0 Å². The molecule has 3 N–H and O–H groups in total. The fourth-order valence-corrected chi connectivity index (χ4v) is 1.39. The van der Waals surface area contributed by atoms with E-state index in [4.69, 9.17) is 10.3 Å². The maximum Gasteiger partial charge on any atom is 0.174 e. The van der Waals surface area contributed by atoms with Crippen molar-refractivity contribution in [3.63, 3.8) is 0 Å². The molecule has 0 radical (unpaired) electrons. The van der Waals surface area contributed by atoms with E-state index < -0.39 is 0 Å². The molecule has 15 heavy (non-hydrogen) atoms. The Labute approximate surface area is 87.7 Å². The molecule has 0 saturated heterocycles. The molecule has 2 aromatic rings. The number of nitrogens with zero attached hydrogens (tertiary/aromatic N) is 1. The Morgan fingerprint density at radius 2 is 2.40 bits per heavy atom. The molecule has 0 aliphatic heterocycles. The molecule has 0 spiro atoms. The third-order valence-corrected chi connectivity index (χ3v) is 2.15. The van der Waals surface area contributed by atoms with Crippen LogP contribution < -0.4 is 11.1 Å². The van der Waals surface area contributed by atoms with Crippen LogP contribution >= 0.6 is 0 Å². The first kappa shape index (κ1) is 9.73. The van der Waals surface area contributed by atoms with E-state index >= 15 is 0 Å². The van der Waals surface area contributed by atoms with E-state index in [9.17, 15) is 0 Å². The molecule has 0 unspecified atom stereocenters. The van der Waals surface area contributed by atoms with Gasteiger partial charge in [0.15, 0.2) is 11.4 Å². The largest absolute Gasteiger partial charge is 0.380 e. The molecule has 1 heterocycles. The second kappa shape index (κ2) is 4.14. The zero-order valence-corrected chi connectivity index (χ0v) is 8.53. The minimum Gasteiger partial charge on any atom is -0.380 e. The van der Waals surface area contributed by atoms with Crippen molar-refractivity contribution in [3.8, 4) is 0 Å². The predicted octanol–water partition coefficient (Wildman–Crippen LogP) is 1.64. The van der Waals surface area contributed by atoms with Gasteiger partial charge >= 0.3 is 0 Å². The van der Waals surface area contributed by atoms with Gasteiger partial charge in [-0.15, -0.1) is 0 Å². The lowest BCUT2D eigenvalue weighted by Crippen LogP contribution is -2.03. The molecule has 0 amide bonds. The van der Waals surface area contributed by atoms with Crippen LogP contribution in [-0.4, -0.2) is 18.7 Å². The summed E-state index contributed by atoms with van der Waals surface area (Å²) in [7, 11) is 1.91. The van der Waals surface area contributed by atoms with Gasteiger partial charge in [-0.1, -0.05) is 23.4 Å². The lowest BCUT2D eigenvalue weighted by atomic mass is 10.1. The molecule has 0 bridgehead atoms. The van der Waals surface area contributed by atoms with Crippen molar-refractivity contribution in [1.82, 2.24) is 10.5 Å². The molecule has 1 aromatic carbocycles. The van der Waals surface area contributed by atoms with Gasteiger partial charge in [-0.05, 0) is 24.7 Å². The number of hydrogen-bond donors (Lipinski definition) is 2. The summed E-state index contributed by atoms with van der Waals surface area (Å²) in [5, 5.41) is 7.60. The Bertz CT molecular complexity index is 488. The summed E-state index contributed by atoms with van der Waals surface area (Å²) in [6.07, 6.45) is 4.08. The van der Waals surface area contributed by atoms with Crippen molar-refractivity contribution >= 4 is 22.9 Å². The molecule has 0 atom stereocenters. The molecule has 0 aliphatic rings. The van der Waals surface area contributed by atoms with Crippen LogP contribution in [-0.2, 0) is 0 Å². The van der Waals surface area contributed by atoms with Gasteiger partial charge in [0.1, 0.15) is 0 Å². The molecule has 4 nitrogen and oxygen atoms in total. The van der Waals surface area contributed by atoms with E-state index in [1.165, 1.54) is 0 Å². The molecule has 1 aromatic heterocycles. The first-order valence-electron chi connectivity index (χ1n) is 4.77. The highest BCUT2D eigenvalue weighted by atomic mass is 16.5. The van der Waals surface area contributed by atoms with Crippen LogP contribution in [0.4, 0.5) is 5.82 Å². The highest BCUT2D eigenvalue weighted by molar-refractivity contribution is 5.88. The Balaban J connectivity index is 2.33. The summed E-state index contributed by atoms with van der Waals surface area (Å²) in [5.41, 5.74) is 7.47. The maximum absolute atomic E-state index is 5.66. The molecular formula is C11H13N3O. The zero-order valence-electron chi connectivity index (χ0n) is 8.53. The lowest BCUT2D eigenvalue weighted by molar-refractivity contribution is 0.460. The van der Waals surface area contributed by atoms with Crippen LogP contribution in [0.2, 0.25) is 0 Å². The van der Waals surface area contributed by atoms with E-state index in [2.05, 4.69) is 10.5 Å². The van der Waals surface area contributed by atoms with Crippen LogP contribution in [0, 0.1) is 0 Å². The average Bonchev–Trinajstić information content (AvgIpc) is 2.61. The van der Waals surface area contributed by atoms with Crippen LogP contribution in [0.15, 0.2) is 28.8 Å². The maximum atomic E-state index is 5.66. The number of nitrogen functional groups attached to an aromatic ring is 1. The number of likely N-dealkylation sites (N-methyl/N-ethyl adjacent to an activating group) is 1. The summed E-state index contributed by atoms with van der Waals surface area (Å²) in [4.78, 5) is 0. The van der Waals surface area contributed by atoms with Crippen molar-refractivity contribution < 1.29 is 4.52 Å². The van der Waals surface area contributed by atoms with Crippen LogP contribution in [0.5, 0.6) is 0 Å².